The Balaban J connectivity index is 2.22. The van der Waals surface area contributed by atoms with E-state index in [1.807, 2.05) is 56.3 Å². The summed E-state index contributed by atoms with van der Waals surface area (Å²) in [7, 11) is 0. The normalized spacial score (nSPS) is 15.0. The van der Waals surface area contributed by atoms with Crippen LogP contribution in [-0.4, -0.2) is 17.8 Å². The molecule has 0 bridgehead atoms. The first-order valence-corrected chi connectivity index (χ1v) is 6.15. The van der Waals surface area contributed by atoms with Crippen molar-refractivity contribution < 1.29 is 9.84 Å². The first-order valence-electron chi connectivity index (χ1n) is 6.15. The maximum Gasteiger partial charge on any atom is 0.0717 e. The summed E-state index contributed by atoms with van der Waals surface area (Å²) in [5.74, 6) is 0.162. The van der Waals surface area contributed by atoms with Gasteiger partial charge in [-0.1, -0.05) is 49.4 Å². The van der Waals surface area contributed by atoms with Crippen LogP contribution in [0.5, 0.6) is 0 Å². The number of rotatable bonds is 7. The van der Waals surface area contributed by atoms with Crippen LogP contribution in [0, 0.1) is 5.92 Å². The first-order chi connectivity index (χ1) is 8.24. The number of ether oxygens (including phenoxy) is 1. The molecule has 0 saturated carbocycles. The topological polar surface area (TPSA) is 29.5 Å². The zero-order valence-electron chi connectivity index (χ0n) is 10.7. The molecule has 0 fully saturated rings. The van der Waals surface area contributed by atoms with Gasteiger partial charge in [0.2, 0.25) is 0 Å². The van der Waals surface area contributed by atoms with Gasteiger partial charge >= 0.3 is 0 Å². The van der Waals surface area contributed by atoms with E-state index in [1.54, 1.807) is 0 Å². The Kier molecular flexibility index (Phi) is 6.60. The minimum absolute atomic E-state index is 0.162. The molecule has 0 aliphatic carbocycles. The van der Waals surface area contributed by atoms with E-state index in [0.717, 1.165) is 0 Å². The molecule has 0 unspecified atom stereocenters. The zero-order valence-corrected chi connectivity index (χ0v) is 10.7. The van der Waals surface area contributed by atoms with E-state index in [4.69, 9.17) is 4.74 Å². The average Bonchev–Trinajstić information content (AvgIpc) is 2.37. The molecule has 0 aliphatic heterocycles. The van der Waals surface area contributed by atoms with Crippen LogP contribution in [0.2, 0.25) is 0 Å². The number of allylic oxidation sites excluding steroid dienone is 1. The third-order valence-electron chi connectivity index (χ3n) is 2.76. The third-order valence-corrected chi connectivity index (χ3v) is 2.76. The largest absolute Gasteiger partial charge is 0.392 e. The van der Waals surface area contributed by atoms with E-state index >= 15 is 0 Å². The van der Waals surface area contributed by atoms with Crippen molar-refractivity contribution in [2.45, 2.75) is 33.0 Å². The SMILES string of the molecule is C/C=C/C[C@H](O)[C@@H](C)COCc1ccccc1. The van der Waals surface area contributed by atoms with Crippen LogP contribution in [0.1, 0.15) is 25.8 Å². The van der Waals surface area contributed by atoms with Crippen molar-refractivity contribution in [2.75, 3.05) is 6.61 Å². The molecule has 1 N–H and O–H groups in total. The molecule has 2 heteroatoms. The lowest BCUT2D eigenvalue weighted by Gasteiger charge is -2.17. The summed E-state index contributed by atoms with van der Waals surface area (Å²) in [4.78, 5) is 0. The zero-order chi connectivity index (χ0) is 12.5. The van der Waals surface area contributed by atoms with Crippen molar-refractivity contribution in [1.82, 2.24) is 0 Å². The van der Waals surface area contributed by atoms with E-state index in [-0.39, 0.29) is 12.0 Å². The summed E-state index contributed by atoms with van der Waals surface area (Å²) in [6.07, 6.45) is 4.33. The lowest BCUT2D eigenvalue weighted by molar-refractivity contribution is 0.0302. The number of aliphatic hydroxyl groups excluding tert-OH is 1. The minimum atomic E-state index is -0.318. The fourth-order valence-electron chi connectivity index (χ4n) is 1.56. The Bertz CT molecular complexity index is 319. The second-order valence-electron chi connectivity index (χ2n) is 4.35. The second-order valence-corrected chi connectivity index (χ2v) is 4.35. The molecular weight excluding hydrogens is 212 g/mol. The predicted octanol–water partition coefficient (Wildman–Crippen LogP) is 3.17. The van der Waals surface area contributed by atoms with Crippen molar-refractivity contribution in [1.29, 1.82) is 0 Å². The molecule has 2 nitrogen and oxygen atoms in total. The summed E-state index contributed by atoms with van der Waals surface area (Å²) in [6.45, 7) is 5.18. The van der Waals surface area contributed by atoms with Crippen LogP contribution in [0.4, 0.5) is 0 Å². The number of hydrogen-bond donors (Lipinski definition) is 1. The summed E-state index contributed by atoms with van der Waals surface area (Å²) in [5.41, 5.74) is 1.17. The highest BCUT2D eigenvalue weighted by Gasteiger charge is 2.12. The highest BCUT2D eigenvalue weighted by molar-refractivity contribution is 5.13. The highest BCUT2D eigenvalue weighted by atomic mass is 16.5. The minimum Gasteiger partial charge on any atom is -0.392 e. The van der Waals surface area contributed by atoms with Gasteiger partial charge in [-0.25, -0.2) is 0 Å². The quantitative estimate of drug-likeness (QED) is 0.734. The van der Waals surface area contributed by atoms with Crippen LogP contribution in [0.3, 0.4) is 0 Å². The van der Waals surface area contributed by atoms with Crippen molar-refractivity contribution >= 4 is 0 Å². The predicted molar refractivity (Wildman–Crippen MR) is 70.7 cm³/mol. The number of benzene rings is 1. The fraction of sp³-hybridized carbons (Fsp3) is 0.467. The van der Waals surface area contributed by atoms with Gasteiger partial charge in [0.05, 0.1) is 19.3 Å². The summed E-state index contributed by atoms with van der Waals surface area (Å²) >= 11 is 0. The summed E-state index contributed by atoms with van der Waals surface area (Å²) in [6, 6.07) is 10.1. The van der Waals surface area contributed by atoms with E-state index in [1.165, 1.54) is 5.56 Å². The molecule has 17 heavy (non-hydrogen) atoms. The number of aliphatic hydroxyl groups is 1. The Morgan fingerprint density at radius 1 is 1.29 bits per heavy atom. The van der Waals surface area contributed by atoms with Crippen LogP contribution < -0.4 is 0 Å². The smallest absolute Gasteiger partial charge is 0.0717 e. The molecule has 0 amide bonds. The van der Waals surface area contributed by atoms with Crippen molar-refractivity contribution in [3.05, 3.63) is 48.0 Å². The average molecular weight is 234 g/mol. The molecule has 1 aromatic rings. The molecule has 94 valence electrons. The van der Waals surface area contributed by atoms with Gasteiger partial charge in [-0.05, 0) is 18.9 Å². The molecule has 0 aliphatic rings. The molecule has 1 aromatic carbocycles. The van der Waals surface area contributed by atoms with E-state index in [0.29, 0.717) is 19.6 Å². The molecular formula is C15H22O2. The molecule has 0 spiro atoms. The monoisotopic (exact) mass is 234 g/mol. The Labute approximate surface area is 104 Å². The van der Waals surface area contributed by atoms with Crippen LogP contribution in [0.15, 0.2) is 42.5 Å². The van der Waals surface area contributed by atoms with Gasteiger partial charge in [-0.3, -0.25) is 0 Å². The fourth-order valence-corrected chi connectivity index (χ4v) is 1.56. The number of hydrogen-bond acceptors (Lipinski definition) is 2. The summed E-state index contributed by atoms with van der Waals surface area (Å²) < 4.78 is 5.60. The van der Waals surface area contributed by atoms with E-state index in [9.17, 15) is 5.11 Å². The Morgan fingerprint density at radius 3 is 2.65 bits per heavy atom. The Hall–Kier alpha value is -1.12. The first kappa shape index (κ1) is 13.9. The maximum absolute atomic E-state index is 9.81. The third kappa shape index (κ3) is 5.66. The molecule has 2 atom stereocenters. The van der Waals surface area contributed by atoms with Crippen LogP contribution in [-0.2, 0) is 11.3 Å². The van der Waals surface area contributed by atoms with Gasteiger partial charge in [0.25, 0.3) is 0 Å². The maximum atomic E-state index is 9.81. The van der Waals surface area contributed by atoms with Crippen LogP contribution in [0.25, 0.3) is 0 Å². The van der Waals surface area contributed by atoms with Crippen molar-refractivity contribution in [3.63, 3.8) is 0 Å². The molecule has 0 saturated heterocycles. The van der Waals surface area contributed by atoms with E-state index in [2.05, 4.69) is 0 Å². The molecule has 0 aromatic heterocycles. The van der Waals surface area contributed by atoms with Gasteiger partial charge in [0.1, 0.15) is 0 Å². The van der Waals surface area contributed by atoms with Gasteiger partial charge in [-0.15, -0.1) is 0 Å². The second kappa shape index (κ2) is 8.04. The van der Waals surface area contributed by atoms with Crippen LogP contribution >= 0.6 is 0 Å². The lowest BCUT2D eigenvalue weighted by Crippen LogP contribution is -2.21. The van der Waals surface area contributed by atoms with Gasteiger partial charge in [0.15, 0.2) is 0 Å². The lowest BCUT2D eigenvalue weighted by atomic mass is 10.0. The molecule has 0 radical (unpaired) electrons. The molecule has 1 rings (SSSR count). The van der Waals surface area contributed by atoms with Gasteiger partial charge < -0.3 is 9.84 Å². The Morgan fingerprint density at radius 2 is 2.00 bits per heavy atom. The van der Waals surface area contributed by atoms with Crippen molar-refractivity contribution in [2.24, 2.45) is 5.92 Å². The van der Waals surface area contributed by atoms with Gasteiger partial charge in [0, 0.05) is 5.92 Å². The summed E-state index contributed by atoms with van der Waals surface area (Å²) in [5, 5.41) is 9.81. The van der Waals surface area contributed by atoms with Crippen molar-refractivity contribution in [3.8, 4) is 0 Å². The highest BCUT2D eigenvalue weighted by Crippen LogP contribution is 2.10. The van der Waals surface area contributed by atoms with Gasteiger partial charge in [-0.2, -0.15) is 0 Å². The van der Waals surface area contributed by atoms with E-state index < -0.39 is 0 Å². The standard InChI is InChI=1S/C15H22O2/c1-3-4-10-15(16)13(2)11-17-12-14-8-6-5-7-9-14/h3-9,13,15-16H,10-12H2,1-2H3/b4-3+/t13-,15-/m0/s1. The molecule has 0 heterocycles.